The van der Waals surface area contributed by atoms with Crippen molar-refractivity contribution in [3.63, 3.8) is 0 Å². The highest BCUT2D eigenvalue weighted by molar-refractivity contribution is 6.33. The van der Waals surface area contributed by atoms with Crippen LogP contribution in [0, 0.1) is 0 Å². The molecule has 1 fully saturated rings. The van der Waals surface area contributed by atoms with E-state index in [9.17, 15) is 18.0 Å². The summed E-state index contributed by atoms with van der Waals surface area (Å²) >= 11 is 6.02. The number of rotatable bonds is 2. The van der Waals surface area contributed by atoms with Gasteiger partial charge < -0.3 is 15.0 Å². The van der Waals surface area contributed by atoms with Crippen molar-refractivity contribution in [1.82, 2.24) is 4.90 Å². The lowest BCUT2D eigenvalue weighted by atomic mass is 10.1. The van der Waals surface area contributed by atoms with Crippen molar-refractivity contribution in [2.45, 2.75) is 51.4 Å². The van der Waals surface area contributed by atoms with Crippen molar-refractivity contribution in [2.75, 3.05) is 18.4 Å². The Morgan fingerprint density at radius 2 is 2.00 bits per heavy atom. The molecule has 2 rings (SSSR count). The minimum atomic E-state index is -4.43. The van der Waals surface area contributed by atoms with E-state index in [4.69, 9.17) is 16.3 Å². The maximum absolute atomic E-state index is 12.9. The van der Waals surface area contributed by atoms with E-state index in [1.165, 1.54) is 6.07 Å². The Kier molecular flexibility index (Phi) is 5.76. The third-order valence-electron chi connectivity index (χ3n) is 3.73. The third-order valence-corrected chi connectivity index (χ3v) is 4.06. The molecule has 1 aliphatic heterocycles. The summed E-state index contributed by atoms with van der Waals surface area (Å²) < 4.78 is 43.9. The number of alkyl halides is 3. The molecule has 4 nitrogen and oxygen atoms in total. The number of carbonyl (C=O) groups is 1. The first-order valence-corrected chi connectivity index (χ1v) is 8.45. The van der Waals surface area contributed by atoms with Crippen LogP contribution in [0.1, 0.15) is 39.2 Å². The molecular weight excluding hydrogens is 357 g/mol. The fraction of sp³-hybridized carbons (Fsp3) is 0.588. The molecule has 1 heterocycles. The fourth-order valence-electron chi connectivity index (χ4n) is 2.62. The van der Waals surface area contributed by atoms with Crippen LogP contribution in [-0.4, -0.2) is 35.7 Å². The topological polar surface area (TPSA) is 41.6 Å². The number of carbonyl (C=O) groups excluding carboxylic acids is 1. The van der Waals surface area contributed by atoms with E-state index in [1.54, 1.807) is 25.7 Å². The van der Waals surface area contributed by atoms with E-state index in [0.29, 0.717) is 13.1 Å². The number of likely N-dealkylation sites (tertiary alicyclic amines) is 1. The Morgan fingerprint density at radius 1 is 1.32 bits per heavy atom. The summed E-state index contributed by atoms with van der Waals surface area (Å²) in [5.41, 5.74) is -1.14. The van der Waals surface area contributed by atoms with E-state index in [0.717, 1.165) is 25.0 Å². The Morgan fingerprint density at radius 3 is 2.60 bits per heavy atom. The van der Waals surface area contributed by atoms with Crippen LogP contribution in [0.15, 0.2) is 18.2 Å². The smallest absolute Gasteiger partial charge is 0.416 e. The summed E-state index contributed by atoms with van der Waals surface area (Å²) in [6.45, 7) is 6.26. The molecule has 1 aromatic carbocycles. The number of nitrogens with one attached hydrogen (secondary N) is 1. The van der Waals surface area contributed by atoms with Gasteiger partial charge in [0, 0.05) is 19.1 Å². The zero-order chi connectivity index (χ0) is 18.8. The second-order valence-corrected chi connectivity index (χ2v) is 7.51. The van der Waals surface area contributed by atoms with Crippen molar-refractivity contribution < 1.29 is 22.7 Å². The molecule has 0 bridgehead atoms. The second-order valence-electron chi connectivity index (χ2n) is 7.10. The van der Waals surface area contributed by atoms with Gasteiger partial charge in [0.15, 0.2) is 0 Å². The summed E-state index contributed by atoms with van der Waals surface area (Å²) in [4.78, 5) is 13.7. The van der Waals surface area contributed by atoms with Crippen LogP contribution < -0.4 is 5.32 Å². The number of halogens is 4. The van der Waals surface area contributed by atoms with Gasteiger partial charge in [-0.2, -0.15) is 13.2 Å². The summed E-state index contributed by atoms with van der Waals surface area (Å²) in [5.74, 6) is 0. The van der Waals surface area contributed by atoms with E-state index >= 15 is 0 Å². The first-order chi connectivity index (χ1) is 11.5. The van der Waals surface area contributed by atoms with Crippen LogP contribution >= 0.6 is 11.6 Å². The van der Waals surface area contributed by atoms with Crippen LogP contribution in [0.5, 0.6) is 0 Å². The van der Waals surface area contributed by atoms with Gasteiger partial charge in [-0.25, -0.2) is 4.79 Å². The predicted octanol–water partition coefficient (Wildman–Crippen LogP) is 5.17. The van der Waals surface area contributed by atoms with E-state index < -0.39 is 23.4 Å². The lowest BCUT2D eigenvalue weighted by Crippen LogP contribution is -2.47. The molecule has 0 spiro atoms. The molecule has 8 heteroatoms. The molecule has 1 unspecified atom stereocenters. The first-order valence-electron chi connectivity index (χ1n) is 8.07. The molecule has 0 saturated carbocycles. The number of benzene rings is 1. The second kappa shape index (κ2) is 7.32. The lowest BCUT2D eigenvalue weighted by Gasteiger charge is -2.35. The van der Waals surface area contributed by atoms with Gasteiger partial charge >= 0.3 is 12.3 Å². The Bertz CT molecular complexity index is 629. The Labute approximate surface area is 150 Å². The highest BCUT2D eigenvalue weighted by atomic mass is 35.5. The summed E-state index contributed by atoms with van der Waals surface area (Å²) in [6, 6.07) is 2.97. The van der Waals surface area contributed by atoms with Crippen molar-refractivity contribution in [3.05, 3.63) is 28.8 Å². The van der Waals surface area contributed by atoms with Gasteiger partial charge in [-0.05, 0) is 51.8 Å². The summed E-state index contributed by atoms with van der Waals surface area (Å²) in [6.07, 6.45) is -3.40. The molecule has 25 heavy (non-hydrogen) atoms. The van der Waals surface area contributed by atoms with Gasteiger partial charge in [-0.1, -0.05) is 11.6 Å². The van der Waals surface area contributed by atoms with Gasteiger partial charge in [0.1, 0.15) is 5.60 Å². The zero-order valence-electron chi connectivity index (χ0n) is 14.4. The van der Waals surface area contributed by atoms with Gasteiger partial charge in [0.05, 0.1) is 16.3 Å². The Balaban J connectivity index is 2.07. The molecule has 1 saturated heterocycles. The molecular formula is C17H22ClF3N2O2. The molecule has 0 aliphatic carbocycles. The molecule has 0 aromatic heterocycles. The quantitative estimate of drug-likeness (QED) is 0.771. The van der Waals surface area contributed by atoms with Crippen LogP contribution in [0.4, 0.5) is 23.7 Å². The molecule has 1 aromatic rings. The van der Waals surface area contributed by atoms with Gasteiger partial charge in [-0.3, -0.25) is 0 Å². The zero-order valence-corrected chi connectivity index (χ0v) is 15.2. The van der Waals surface area contributed by atoms with Crippen LogP contribution in [0.3, 0.4) is 0 Å². The molecule has 1 N–H and O–H groups in total. The first kappa shape index (κ1) is 19.7. The monoisotopic (exact) mass is 378 g/mol. The molecule has 1 amide bonds. The maximum Gasteiger partial charge on any atom is 0.416 e. The van der Waals surface area contributed by atoms with E-state index in [1.807, 2.05) is 0 Å². The number of amides is 1. The third kappa shape index (κ3) is 5.70. The minimum absolute atomic E-state index is 0.192. The van der Waals surface area contributed by atoms with Gasteiger partial charge in [0.25, 0.3) is 0 Å². The van der Waals surface area contributed by atoms with Crippen molar-refractivity contribution in [2.24, 2.45) is 0 Å². The Hall–Kier alpha value is -1.63. The van der Waals surface area contributed by atoms with Crippen LogP contribution in [0.2, 0.25) is 5.02 Å². The summed E-state index contributed by atoms with van der Waals surface area (Å²) in [5, 5.41) is 3.24. The van der Waals surface area contributed by atoms with E-state index in [-0.39, 0.29) is 16.8 Å². The van der Waals surface area contributed by atoms with Crippen molar-refractivity contribution in [3.8, 4) is 0 Å². The number of piperidine rings is 1. The standard InChI is InChI=1S/C17H22ClF3N2O2/c1-16(2,3)25-15(24)23-8-4-5-12(10-23)22-14-9-11(17(19,20)21)6-7-13(14)18/h6-7,9,12,22H,4-5,8,10H2,1-3H3. The molecule has 140 valence electrons. The predicted molar refractivity (Wildman–Crippen MR) is 90.9 cm³/mol. The van der Waals surface area contributed by atoms with E-state index in [2.05, 4.69) is 5.32 Å². The van der Waals surface area contributed by atoms with Gasteiger partial charge in [-0.15, -0.1) is 0 Å². The number of ether oxygens (including phenoxy) is 1. The lowest BCUT2D eigenvalue weighted by molar-refractivity contribution is -0.137. The number of anilines is 1. The molecule has 1 atom stereocenters. The average Bonchev–Trinajstić information content (AvgIpc) is 2.47. The average molecular weight is 379 g/mol. The SMILES string of the molecule is CC(C)(C)OC(=O)N1CCCC(Nc2cc(C(F)(F)F)ccc2Cl)C1. The number of nitrogens with zero attached hydrogens (tertiary/aromatic N) is 1. The van der Waals surface area contributed by atoms with Crippen molar-refractivity contribution in [1.29, 1.82) is 0 Å². The molecule has 0 radical (unpaired) electrons. The number of hydrogen-bond acceptors (Lipinski definition) is 3. The highest BCUT2D eigenvalue weighted by Crippen LogP contribution is 2.34. The molecule has 1 aliphatic rings. The number of hydrogen-bond donors (Lipinski definition) is 1. The van der Waals surface area contributed by atoms with Gasteiger partial charge in [0.2, 0.25) is 0 Å². The largest absolute Gasteiger partial charge is 0.444 e. The minimum Gasteiger partial charge on any atom is -0.444 e. The normalized spacial score (nSPS) is 18.8. The van der Waals surface area contributed by atoms with Crippen LogP contribution in [0.25, 0.3) is 0 Å². The van der Waals surface area contributed by atoms with Crippen LogP contribution in [-0.2, 0) is 10.9 Å². The highest BCUT2D eigenvalue weighted by Gasteiger charge is 2.32. The van der Waals surface area contributed by atoms with Crippen molar-refractivity contribution >= 4 is 23.4 Å². The summed E-state index contributed by atoms with van der Waals surface area (Å²) in [7, 11) is 0. The fourth-order valence-corrected chi connectivity index (χ4v) is 2.79. The maximum atomic E-state index is 12.9.